The van der Waals surface area contributed by atoms with Gasteiger partial charge in [0.1, 0.15) is 0 Å². The van der Waals surface area contributed by atoms with Crippen LogP contribution in [-0.2, 0) is 4.74 Å². The van der Waals surface area contributed by atoms with E-state index < -0.39 is 0 Å². The van der Waals surface area contributed by atoms with Crippen molar-refractivity contribution in [2.24, 2.45) is 23.2 Å². The number of ether oxygens (including phenoxy) is 1. The van der Waals surface area contributed by atoms with Gasteiger partial charge in [-0.2, -0.15) is 0 Å². The average molecular weight is 338 g/mol. The maximum Gasteiger partial charge on any atom is 0.0602 e. The fourth-order valence-electron chi connectivity index (χ4n) is 4.92. The Kier molecular flexibility index (Phi) is 6.81. The zero-order chi connectivity index (χ0) is 18.0. The summed E-state index contributed by atoms with van der Waals surface area (Å²) in [7, 11) is 0. The summed E-state index contributed by atoms with van der Waals surface area (Å²) in [4.78, 5) is 2.73. The molecule has 2 nitrogen and oxygen atoms in total. The minimum Gasteiger partial charge on any atom is -0.373 e. The minimum atomic E-state index is 0.0164. The molecule has 1 aliphatic carbocycles. The second-order valence-electron chi connectivity index (χ2n) is 10.8. The van der Waals surface area contributed by atoms with Crippen LogP contribution >= 0.6 is 0 Å². The van der Waals surface area contributed by atoms with E-state index in [2.05, 4.69) is 53.4 Å². The van der Waals surface area contributed by atoms with Gasteiger partial charge in [-0.3, -0.25) is 0 Å². The van der Waals surface area contributed by atoms with Crippen molar-refractivity contribution in [3.8, 4) is 0 Å². The molecule has 0 aromatic heterocycles. The highest BCUT2D eigenvalue weighted by Gasteiger charge is 2.31. The van der Waals surface area contributed by atoms with Crippen LogP contribution in [0.25, 0.3) is 0 Å². The molecule has 1 heterocycles. The van der Waals surface area contributed by atoms with Gasteiger partial charge in [0.05, 0.1) is 11.7 Å². The summed E-state index contributed by atoms with van der Waals surface area (Å²) in [6, 6.07) is 0. The van der Waals surface area contributed by atoms with Gasteiger partial charge in [-0.1, -0.05) is 27.7 Å². The third-order valence-corrected chi connectivity index (χ3v) is 6.13. The van der Waals surface area contributed by atoms with Gasteiger partial charge in [0.15, 0.2) is 0 Å². The van der Waals surface area contributed by atoms with E-state index in [0.29, 0.717) is 11.5 Å². The van der Waals surface area contributed by atoms with Crippen LogP contribution in [0.15, 0.2) is 0 Å². The summed E-state index contributed by atoms with van der Waals surface area (Å²) in [6.45, 7) is 20.2. The Hall–Kier alpha value is -0.0800. The van der Waals surface area contributed by atoms with Crippen LogP contribution in [0.3, 0.4) is 0 Å². The van der Waals surface area contributed by atoms with Gasteiger partial charge in [-0.15, -0.1) is 0 Å². The molecule has 0 bridgehead atoms. The van der Waals surface area contributed by atoms with E-state index in [1.54, 1.807) is 0 Å². The lowest BCUT2D eigenvalue weighted by Crippen LogP contribution is -2.40. The van der Waals surface area contributed by atoms with E-state index in [9.17, 15) is 0 Å². The summed E-state index contributed by atoms with van der Waals surface area (Å²) in [5.41, 5.74) is 0.506. The molecule has 3 unspecified atom stereocenters. The van der Waals surface area contributed by atoms with Gasteiger partial charge in [0, 0.05) is 6.54 Å². The lowest BCUT2D eigenvalue weighted by atomic mass is 9.75. The number of hydrogen-bond donors (Lipinski definition) is 0. The molecular weight excluding hydrogens is 294 g/mol. The van der Waals surface area contributed by atoms with Crippen molar-refractivity contribution >= 4 is 0 Å². The first-order valence-electron chi connectivity index (χ1n) is 10.4. The third kappa shape index (κ3) is 6.67. The highest BCUT2D eigenvalue weighted by atomic mass is 16.5. The molecule has 142 valence electrons. The molecule has 2 rings (SSSR count). The Balaban J connectivity index is 1.67. The zero-order valence-electron chi connectivity index (χ0n) is 17.5. The van der Waals surface area contributed by atoms with Crippen LogP contribution in [0.5, 0.6) is 0 Å². The van der Waals surface area contributed by atoms with Gasteiger partial charge >= 0.3 is 0 Å². The highest BCUT2D eigenvalue weighted by molar-refractivity contribution is 4.83. The van der Waals surface area contributed by atoms with E-state index in [1.807, 2.05) is 0 Å². The molecule has 1 aliphatic heterocycles. The molecule has 1 saturated carbocycles. The lowest BCUT2D eigenvalue weighted by molar-refractivity contribution is -0.0577. The molecule has 2 fully saturated rings. The smallest absolute Gasteiger partial charge is 0.0602 e. The van der Waals surface area contributed by atoms with Crippen LogP contribution in [0.4, 0.5) is 0 Å². The Morgan fingerprint density at radius 3 is 2.12 bits per heavy atom. The Labute approximate surface area is 151 Å². The molecule has 0 spiro atoms. The van der Waals surface area contributed by atoms with Gasteiger partial charge in [-0.25, -0.2) is 0 Å². The predicted octanol–water partition coefficient (Wildman–Crippen LogP) is 5.75. The molecule has 0 aromatic rings. The van der Waals surface area contributed by atoms with Crippen molar-refractivity contribution in [1.82, 2.24) is 4.90 Å². The lowest BCUT2D eigenvalue weighted by Gasteiger charge is -2.39. The maximum absolute atomic E-state index is 6.19. The summed E-state index contributed by atoms with van der Waals surface area (Å²) in [5, 5.41) is 0. The largest absolute Gasteiger partial charge is 0.373 e. The molecule has 2 heteroatoms. The Bertz CT molecular complexity index is 366. The number of piperidine rings is 1. The second kappa shape index (κ2) is 8.08. The van der Waals surface area contributed by atoms with Crippen molar-refractivity contribution in [3.05, 3.63) is 0 Å². The van der Waals surface area contributed by atoms with E-state index in [0.717, 1.165) is 17.8 Å². The SMILES string of the molecule is CC(CC1CCC(OC(C)(C)C)C1)CN1CCC(C(C)(C)C)CC1. The van der Waals surface area contributed by atoms with E-state index in [4.69, 9.17) is 4.74 Å². The fraction of sp³-hybridized carbons (Fsp3) is 1.00. The quantitative estimate of drug-likeness (QED) is 0.633. The number of nitrogens with zero attached hydrogens (tertiary/aromatic N) is 1. The Morgan fingerprint density at radius 2 is 1.58 bits per heavy atom. The molecule has 2 aliphatic rings. The van der Waals surface area contributed by atoms with Crippen molar-refractivity contribution < 1.29 is 4.74 Å². The average Bonchev–Trinajstić information content (AvgIpc) is 2.82. The molecule has 24 heavy (non-hydrogen) atoms. The topological polar surface area (TPSA) is 12.5 Å². The summed E-state index contributed by atoms with van der Waals surface area (Å²) in [5.74, 6) is 2.63. The molecule has 0 aromatic carbocycles. The van der Waals surface area contributed by atoms with Crippen LogP contribution in [0.1, 0.15) is 87.0 Å². The van der Waals surface area contributed by atoms with Crippen molar-refractivity contribution in [1.29, 1.82) is 0 Å². The standard InChI is InChI=1S/C22H43NO/c1-17(14-18-8-9-20(15-18)24-22(5,6)7)16-23-12-10-19(11-13-23)21(2,3)4/h17-20H,8-16H2,1-7H3. The first kappa shape index (κ1) is 20.2. The molecule has 0 amide bonds. The van der Waals surface area contributed by atoms with Crippen molar-refractivity contribution in [2.45, 2.75) is 98.7 Å². The van der Waals surface area contributed by atoms with E-state index in [1.165, 1.54) is 58.2 Å². The maximum atomic E-state index is 6.19. The normalized spacial score (nSPS) is 29.1. The number of likely N-dealkylation sites (tertiary alicyclic amines) is 1. The first-order chi connectivity index (χ1) is 11.0. The molecule has 1 saturated heterocycles. The Morgan fingerprint density at radius 1 is 0.958 bits per heavy atom. The highest BCUT2D eigenvalue weighted by Crippen LogP contribution is 2.36. The minimum absolute atomic E-state index is 0.0164. The van der Waals surface area contributed by atoms with Crippen molar-refractivity contribution in [3.63, 3.8) is 0 Å². The second-order valence-corrected chi connectivity index (χ2v) is 10.8. The summed E-state index contributed by atoms with van der Waals surface area (Å²) in [6.07, 6.45) is 8.60. The van der Waals surface area contributed by atoms with Crippen LogP contribution in [-0.4, -0.2) is 36.2 Å². The van der Waals surface area contributed by atoms with Gasteiger partial charge < -0.3 is 9.64 Å². The van der Waals surface area contributed by atoms with Crippen LogP contribution in [0.2, 0.25) is 0 Å². The van der Waals surface area contributed by atoms with Gasteiger partial charge in [-0.05, 0) is 95.6 Å². The zero-order valence-corrected chi connectivity index (χ0v) is 17.5. The number of rotatable bonds is 5. The monoisotopic (exact) mass is 337 g/mol. The molecule has 0 radical (unpaired) electrons. The van der Waals surface area contributed by atoms with Crippen LogP contribution < -0.4 is 0 Å². The molecular formula is C22H43NO. The third-order valence-electron chi connectivity index (χ3n) is 6.13. The van der Waals surface area contributed by atoms with E-state index >= 15 is 0 Å². The van der Waals surface area contributed by atoms with Gasteiger partial charge in [0.25, 0.3) is 0 Å². The molecule has 0 N–H and O–H groups in total. The first-order valence-corrected chi connectivity index (χ1v) is 10.4. The summed E-state index contributed by atoms with van der Waals surface area (Å²) >= 11 is 0. The summed E-state index contributed by atoms with van der Waals surface area (Å²) < 4.78 is 6.19. The fourth-order valence-corrected chi connectivity index (χ4v) is 4.92. The molecule has 3 atom stereocenters. The van der Waals surface area contributed by atoms with Gasteiger partial charge in [0.2, 0.25) is 0 Å². The number of hydrogen-bond acceptors (Lipinski definition) is 2. The van der Waals surface area contributed by atoms with Crippen molar-refractivity contribution in [2.75, 3.05) is 19.6 Å². The van der Waals surface area contributed by atoms with Crippen LogP contribution in [0, 0.1) is 23.2 Å². The predicted molar refractivity (Wildman–Crippen MR) is 104 cm³/mol. The van der Waals surface area contributed by atoms with E-state index in [-0.39, 0.29) is 5.60 Å².